The van der Waals surface area contributed by atoms with Crippen molar-refractivity contribution < 1.29 is 0 Å². The van der Waals surface area contributed by atoms with Crippen LogP contribution in [0, 0.1) is 13.5 Å². The van der Waals surface area contributed by atoms with Crippen LogP contribution in [0.4, 0.5) is 17.3 Å². The van der Waals surface area contributed by atoms with Crippen LogP contribution >= 0.6 is 36.4 Å². The average Bonchev–Trinajstić information content (AvgIpc) is 2.74. The summed E-state index contributed by atoms with van der Waals surface area (Å²) in [6.07, 6.45) is 1.88. The number of halogens is 3. The van der Waals surface area contributed by atoms with Crippen LogP contribution in [0.25, 0.3) is 15.6 Å². The van der Waals surface area contributed by atoms with Crippen LogP contribution in [-0.2, 0) is 6.54 Å². The van der Waals surface area contributed by atoms with Crippen LogP contribution in [0.3, 0.4) is 0 Å². The molecule has 2 aromatic carbocycles. The summed E-state index contributed by atoms with van der Waals surface area (Å²) in [6.45, 7) is 11.7. The number of hydrogen-bond acceptors (Lipinski definition) is 5. The van der Waals surface area contributed by atoms with E-state index < -0.39 is 0 Å². The monoisotopic (exact) mass is 478 g/mol. The number of benzene rings is 2. The molecule has 0 amide bonds. The minimum atomic E-state index is 0. The van der Waals surface area contributed by atoms with Crippen LogP contribution in [0.2, 0.25) is 5.02 Å². The predicted octanol–water partition coefficient (Wildman–Crippen LogP) is 5.53. The van der Waals surface area contributed by atoms with Gasteiger partial charge in [-0.3, -0.25) is 0 Å². The zero-order chi connectivity index (χ0) is 20.4. The minimum Gasteiger partial charge on any atom is -0.364 e. The third-order valence-electron chi connectivity index (χ3n) is 5.41. The van der Waals surface area contributed by atoms with E-state index in [-0.39, 0.29) is 30.9 Å². The summed E-state index contributed by atoms with van der Waals surface area (Å²) in [4.78, 5) is 5.82. The molecule has 0 unspecified atom stereocenters. The molecule has 9 heteroatoms. The number of nitrogens with one attached hydrogen (secondary N) is 1. The number of fused-ring (bicyclic) bond motifs is 1. The summed E-state index contributed by atoms with van der Waals surface area (Å²) in [7, 11) is 0. The highest BCUT2D eigenvalue weighted by molar-refractivity contribution is 6.31. The molecule has 4 rings (SSSR count). The molecule has 1 saturated heterocycles. The molecule has 0 atom stereocenters. The topological polar surface area (TPSA) is 71.4 Å². The molecule has 0 bridgehead atoms. The van der Waals surface area contributed by atoms with Crippen molar-refractivity contribution in [1.29, 1.82) is 0 Å². The van der Waals surface area contributed by atoms with Gasteiger partial charge in [0.25, 0.3) is 0 Å². The van der Waals surface area contributed by atoms with Crippen molar-refractivity contribution in [2.45, 2.75) is 32.4 Å². The molecule has 1 aromatic heterocycles. The van der Waals surface area contributed by atoms with Gasteiger partial charge in [-0.05, 0) is 43.0 Å². The number of anilines is 2. The molecule has 1 aliphatic heterocycles. The first-order valence-electron chi connectivity index (χ1n) is 9.72. The van der Waals surface area contributed by atoms with E-state index in [9.17, 15) is 0 Å². The number of aromatic nitrogens is 2. The van der Waals surface area contributed by atoms with E-state index in [4.69, 9.17) is 23.9 Å². The van der Waals surface area contributed by atoms with Gasteiger partial charge in [0, 0.05) is 41.5 Å². The number of nitrogens with zero attached hydrogens (tertiary/aromatic N) is 4. The van der Waals surface area contributed by atoms with Crippen molar-refractivity contribution in [2.75, 3.05) is 23.3 Å². The maximum absolute atomic E-state index is 7.37. The Kier molecular flexibility index (Phi) is 8.72. The summed E-state index contributed by atoms with van der Waals surface area (Å²) in [6, 6.07) is 11.9. The van der Waals surface area contributed by atoms with Crippen LogP contribution in [0.5, 0.6) is 0 Å². The van der Waals surface area contributed by atoms with E-state index in [0.29, 0.717) is 18.1 Å². The van der Waals surface area contributed by atoms with Crippen LogP contribution < -0.4 is 16.0 Å². The second kappa shape index (κ2) is 10.8. The van der Waals surface area contributed by atoms with Gasteiger partial charge in [-0.25, -0.2) is 4.85 Å². The lowest BCUT2D eigenvalue weighted by molar-refractivity contribution is 0.498. The van der Waals surface area contributed by atoms with Gasteiger partial charge in [0.05, 0.1) is 6.57 Å². The molecule has 164 valence electrons. The van der Waals surface area contributed by atoms with Gasteiger partial charge in [0.2, 0.25) is 0 Å². The summed E-state index contributed by atoms with van der Waals surface area (Å²) >= 11 is 6.24. The Hall–Kier alpha value is -2.30. The van der Waals surface area contributed by atoms with Gasteiger partial charge in [-0.15, -0.1) is 35.0 Å². The van der Waals surface area contributed by atoms with Crippen LogP contribution in [0.15, 0.2) is 36.4 Å². The summed E-state index contributed by atoms with van der Waals surface area (Å²) in [5.41, 5.74) is 8.74. The molecule has 31 heavy (non-hydrogen) atoms. The van der Waals surface area contributed by atoms with E-state index in [2.05, 4.69) is 25.3 Å². The van der Waals surface area contributed by atoms with Crippen molar-refractivity contribution in [3.8, 4) is 0 Å². The van der Waals surface area contributed by atoms with Crippen molar-refractivity contribution in [3.63, 3.8) is 0 Å². The molecule has 0 radical (unpaired) electrons. The maximum atomic E-state index is 7.37. The molecule has 3 aromatic rings. The van der Waals surface area contributed by atoms with Gasteiger partial charge in [-0.2, -0.15) is 0 Å². The summed E-state index contributed by atoms with van der Waals surface area (Å²) < 4.78 is 0. The second-order valence-corrected chi connectivity index (χ2v) is 7.88. The highest BCUT2D eigenvalue weighted by atomic mass is 35.5. The van der Waals surface area contributed by atoms with Crippen LogP contribution in [0.1, 0.15) is 24.0 Å². The number of rotatable bonds is 4. The number of nitrogens with two attached hydrogens (primary N) is 1. The van der Waals surface area contributed by atoms with Crippen molar-refractivity contribution in [3.05, 3.63) is 64.0 Å². The maximum Gasteiger partial charge on any atom is 0.188 e. The minimum absolute atomic E-state index is 0. The Bertz CT molecular complexity index is 1090. The van der Waals surface area contributed by atoms with Gasteiger partial charge >= 0.3 is 0 Å². The third-order valence-corrected chi connectivity index (χ3v) is 5.82. The Balaban J connectivity index is 0.00000171. The zero-order valence-electron chi connectivity index (χ0n) is 17.1. The number of aryl methyl sites for hydroxylation is 1. The van der Waals surface area contributed by atoms with Gasteiger partial charge in [-0.1, -0.05) is 35.9 Å². The fourth-order valence-corrected chi connectivity index (χ4v) is 3.81. The molecular weight excluding hydrogens is 455 g/mol. The molecule has 0 aliphatic carbocycles. The molecule has 1 fully saturated rings. The van der Waals surface area contributed by atoms with E-state index in [0.717, 1.165) is 58.7 Å². The molecule has 0 saturated carbocycles. The van der Waals surface area contributed by atoms with E-state index in [1.807, 2.05) is 43.3 Å². The Morgan fingerprint density at radius 2 is 1.87 bits per heavy atom. The lowest BCUT2D eigenvalue weighted by Gasteiger charge is -2.31. The number of piperidine rings is 1. The van der Waals surface area contributed by atoms with E-state index >= 15 is 0 Å². The first-order valence-corrected chi connectivity index (χ1v) is 10.1. The van der Waals surface area contributed by atoms with Crippen molar-refractivity contribution in [1.82, 2.24) is 10.2 Å². The van der Waals surface area contributed by atoms with Crippen LogP contribution in [-0.4, -0.2) is 29.3 Å². The third kappa shape index (κ3) is 5.50. The quantitative estimate of drug-likeness (QED) is 0.482. The highest BCUT2D eigenvalue weighted by Crippen LogP contribution is 2.33. The fraction of sp³-hybridized carbons (Fsp3) is 0.318. The molecule has 0 spiro atoms. The Labute approximate surface area is 199 Å². The standard InChI is InChI=1S/C22H23ClN6.2ClH/c1-14-3-4-15(11-20(14)23)13-26-21-19-12-17(25-2)5-6-18(19)22(28-27-21)29-9-7-16(24)8-10-29;;/h3-6,11-12,16H,7-10,13,24H2,1H3,(H,26,27);2*1H. The van der Waals surface area contributed by atoms with Crippen molar-refractivity contribution >= 4 is 64.5 Å². The molecule has 2 heterocycles. The second-order valence-electron chi connectivity index (χ2n) is 7.48. The lowest BCUT2D eigenvalue weighted by Crippen LogP contribution is -2.40. The zero-order valence-corrected chi connectivity index (χ0v) is 19.5. The average molecular weight is 480 g/mol. The smallest absolute Gasteiger partial charge is 0.188 e. The van der Waals surface area contributed by atoms with E-state index in [1.54, 1.807) is 0 Å². The first-order chi connectivity index (χ1) is 14.0. The van der Waals surface area contributed by atoms with Crippen molar-refractivity contribution in [2.24, 2.45) is 5.73 Å². The molecule has 6 nitrogen and oxygen atoms in total. The van der Waals surface area contributed by atoms with Gasteiger partial charge in [0.15, 0.2) is 17.3 Å². The summed E-state index contributed by atoms with van der Waals surface area (Å²) in [5, 5.41) is 15.0. The van der Waals surface area contributed by atoms with E-state index in [1.165, 1.54) is 0 Å². The molecule has 3 N–H and O–H groups in total. The fourth-order valence-electron chi connectivity index (χ4n) is 3.61. The molecule has 1 aliphatic rings. The number of hydrogen-bond donors (Lipinski definition) is 2. The predicted molar refractivity (Wildman–Crippen MR) is 133 cm³/mol. The summed E-state index contributed by atoms with van der Waals surface area (Å²) in [5.74, 6) is 1.52. The Morgan fingerprint density at radius 1 is 1.13 bits per heavy atom. The Morgan fingerprint density at radius 3 is 2.55 bits per heavy atom. The lowest BCUT2D eigenvalue weighted by atomic mass is 10.0. The van der Waals surface area contributed by atoms with Gasteiger partial charge < -0.3 is 16.0 Å². The SMILES string of the molecule is Cl.Cl.[C-]#[N+]c1ccc2c(N3CCC(N)CC3)nnc(NCc3ccc(C)c(Cl)c3)c2c1. The normalized spacial score (nSPS) is 13.8. The van der Waals surface area contributed by atoms with Gasteiger partial charge in [0.1, 0.15) is 0 Å². The first kappa shape index (κ1) is 25.0. The largest absolute Gasteiger partial charge is 0.364 e. The molecular formula is C22H25Cl3N6. The highest BCUT2D eigenvalue weighted by Gasteiger charge is 2.21.